The molecule has 0 aliphatic heterocycles. The maximum atomic E-state index is 11.2. The summed E-state index contributed by atoms with van der Waals surface area (Å²) in [7, 11) is 1.34. The van der Waals surface area contributed by atoms with Crippen molar-refractivity contribution in [1.29, 1.82) is 0 Å². The molecular weight excluding hydrogens is 206 g/mol. The van der Waals surface area contributed by atoms with E-state index < -0.39 is 12.1 Å². The Morgan fingerprint density at radius 1 is 1.50 bits per heavy atom. The van der Waals surface area contributed by atoms with Gasteiger partial charge in [-0.15, -0.1) is 0 Å². The second-order valence-electron chi connectivity index (χ2n) is 3.59. The lowest BCUT2D eigenvalue weighted by molar-refractivity contribution is -0.147. The molecule has 0 aromatic heterocycles. The summed E-state index contributed by atoms with van der Waals surface area (Å²) in [6.07, 6.45) is -0.614. The lowest BCUT2D eigenvalue weighted by Gasteiger charge is -2.15. The molecule has 1 aromatic carbocycles. The molecule has 1 aromatic rings. The Balaban J connectivity index is 2.83. The number of aryl methyl sites for hydroxylation is 1. The van der Waals surface area contributed by atoms with E-state index in [2.05, 4.69) is 4.74 Å². The monoisotopic (exact) mass is 223 g/mol. The molecule has 4 heteroatoms. The summed E-state index contributed by atoms with van der Waals surface area (Å²) in [6.45, 7) is 4.02. The Morgan fingerprint density at radius 2 is 2.19 bits per heavy atom. The molecule has 0 heterocycles. The summed E-state index contributed by atoms with van der Waals surface area (Å²) in [6, 6.07) is 5.70. The van der Waals surface area contributed by atoms with Crippen molar-refractivity contribution < 1.29 is 14.3 Å². The predicted octanol–water partition coefficient (Wildman–Crippen LogP) is 1.39. The van der Waals surface area contributed by atoms with Crippen LogP contribution in [0.4, 0.5) is 0 Å². The van der Waals surface area contributed by atoms with Crippen LogP contribution in [0.5, 0.6) is 5.75 Å². The fourth-order valence-corrected chi connectivity index (χ4v) is 1.30. The van der Waals surface area contributed by atoms with Gasteiger partial charge in [0.15, 0.2) is 6.10 Å². The molecule has 88 valence electrons. The lowest BCUT2D eigenvalue weighted by Crippen LogP contribution is -2.25. The van der Waals surface area contributed by atoms with Crippen LogP contribution >= 0.6 is 0 Å². The van der Waals surface area contributed by atoms with Gasteiger partial charge in [-0.2, -0.15) is 0 Å². The van der Waals surface area contributed by atoms with Crippen LogP contribution in [0.25, 0.3) is 0 Å². The average molecular weight is 223 g/mol. The minimum absolute atomic E-state index is 0.391. The van der Waals surface area contributed by atoms with E-state index in [-0.39, 0.29) is 0 Å². The zero-order valence-corrected chi connectivity index (χ0v) is 9.82. The highest BCUT2D eigenvalue weighted by molar-refractivity contribution is 5.74. The molecule has 0 fully saturated rings. The highest BCUT2D eigenvalue weighted by Crippen LogP contribution is 2.20. The fraction of sp³-hybridized carbons (Fsp3) is 0.417. The Bertz CT molecular complexity index is 377. The highest BCUT2D eigenvalue weighted by Gasteiger charge is 2.15. The third-order valence-electron chi connectivity index (χ3n) is 2.33. The Hall–Kier alpha value is -1.55. The van der Waals surface area contributed by atoms with Gasteiger partial charge in [0.1, 0.15) is 5.75 Å². The van der Waals surface area contributed by atoms with Crippen molar-refractivity contribution in [2.45, 2.75) is 26.5 Å². The molecule has 1 atom stereocenters. The molecule has 0 aliphatic carbocycles. The van der Waals surface area contributed by atoms with E-state index in [9.17, 15) is 4.79 Å². The first-order valence-corrected chi connectivity index (χ1v) is 5.12. The van der Waals surface area contributed by atoms with Crippen molar-refractivity contribution in [3.63, 3.8) is 0 Å². The van der Waals surface area contributed by atoms with Gasteiger partial charge in [-0.1, -0.05) is 12.1 Å². The summed E-state index contributed by atoms with van der Waals surface area (Å²) in [5.74, 6) is 0.276. The van der Waals surface area contributed by atoms with Crippen LogP contribution in [0.3, 0.4) is 0 Å². The van der Waals surface area contributed by atoms with E-state index in [4.69, 9.17) is 10.5 Å². The number of carbonyl (C=O) groups is 1. The number of hydrogen-bond acceptors (Lipinski definition) is 4. The SMILES string of the molecule is COC(=O)C(C)Oc1cc(CN)ccc1C. The summed E-state index contributed by atoms with van der Waals surface area (Å²) in [4.78, 5) is 11.2. The molecule has 1 rings (SSSR count). The van der Waals surface area contributed by atoms with Crippen molar-refractivity contribution in [2.24, 2.45) is 5.73 Å². The number of ether oxygens (including phenoxy) is 2. The van der Waals surface area contributed by atoms with E-state index in [0.29, 0.717) is 12.3 Å². The van der Waals surface area contributed by atoms with Gasteiger partial charge in [-0.3, -0.25) is 0 Å². The lowest BCUT2D eigenvalue weighted by atomic mass is 10.1. The van der Waals surface area contributed by atoms with Crippen LogP contribution in [0.15, 0.2) is 18.2 Å². The van der Waals surface area contributed by atoms with E-state index in [0.717, 1.165) is 11.1 Å². The number of nitrogens with two attached hydrogens (primary N) is 1. The van der Waals surface area contributed by atoms with Crippen molar-refractivity contribution >= 4 is 5.97 Å². The summed E-state index contributed by atoms with van der Waals surface area (Å²) in [5.41, 5.74) is 7.47. The van der Waals surface area contributed by atoms with Crippen molar-refractivity contribution in [3.8, 4) is 5.75 Å². The maximum Gasteiger partial charge on any atom is 0.346 e. The van der Waals surface area contributed by atoms with E-state index >= 15 is 0 Å². The number of carbonyl (C=O) groups excluding carboxylic acids is 1. The third-order valence-corrected chi connectivity index (χ3v) is 2.33. The molecule has 0 spiro atoms. The third kappa shape index (κ3) is 2.97. The topological polar surface area (TPSA) is 61.5 Å². The molecule has 1 unspecified atom stereocenters. The average Bonchev–Trinajstić information content (AvgIpc) is 2.30. The number of benzene rings is 1. The maximum absolute atomic E-state index is 11.2. The second kappa shape index (κ2) is 5.51. The Kier molecular flexibility index (Phi) is 4.31. The van der Waals surface area contributed by atoms with Gasteiger partial charge >= 0.3 is 5.97 Å². The van der Waals surface area contributed by atoms with Gasteiger partial charge in [0, 0.05) is 6.54 Å². The Labute approximate surface area is 95.3 Å². The Morgan fingerprint density at radius 3 is 2.75 bits per heavy atom. The quantitative estimate of drug-likeness (QED) is 0.784. The van der Waals surface area contributed by atoms with Crippen LogP contribution in [0, 0.1) is 6.92 Å². The molecule has 16 heavy (non-hydrogen) atoms. The molecule has 0 bridgehead atoms. The van der Waals surface area contributed by atoms with Crippen LogP contribution in [-0.4, -0.2) is 19.2 Å². The van der Waals surface area contributed by atoms with Crippen LogP contribution in [0.2, 0.25) is 0 Å². The van der Waals surface area contributed by atoms with Crippen molar-refractivity contribution in [2.75, 3.05) is 7.11 Å². The summed E-state index contributed by atoms with van der Waals surface area (Å²) >= 11 is 0. The first-order chi connectivity index (χ1) is 7.58. The van der Waals surface area contributed by atoms with Gasteiger partial charge in [0.2, 0.25) is 0 Å². The standard InChI is InChI=1S/C12H17NO3/c1-8-4-5-10(7-13)6-11(8)16-9(2)12(14)15-3/h4-6,9H,7,13H2,1-3H3. The molecule has 0 saturated carbocycles. The molecule has 0 amide bonds. The number of esters is 1. The minimum Gasteiger partial charge on any atom is -0.479 e. The van der Waals surface area contributed by atoms with Crippen LogP contribution in [0.1, 0.15) is 18.1 Å². The molecule has 4 nitrogen and oxygen atoms in total. The van der Waals surface area contributed by atoms with Crippen molar-refractivity contribution in [1.82, 2.24) is 0 Å². The van der Waals surface area contributed by atoms with Gasteiger partial charge in [-0.05, 0) is 31.0 Å². The minimum atomic E-state index is -0.614. The largest absolute Gasteiger partial charge is 0.479 e. The first kappa shape index (κ1) is 12.5. The number of rotatable bonds is 4. The zero-order chi connectivity index (χ0) is 12.1. The zero-order valence-electron chi connectivity index (χ0n) is 9.82. The fourth-order valence-electron chi connectivity index (χ4n) is 1.30. The van der Waals surface area contributed by atoms with Gasteiger partial charge in [0.05, 0.1) is 7.11 Å². The highest BCUT2D eigenvalue weighted by atomic mass is 16.6. The second-order valence-corrected chi connectivity index (χ2v) is 3.59. The van der Waals surface area contributed by atoms with Gasteiger partial charge in [0.25, 0.3) is 0 Å². The first-order valence-electron chi connectivity index (χ1n) is 5.12. The smallest absolute Gasteiger partial charge is 0.346 e. The van der Waals surface area contributed by atoms with Crippen LogP contribution < -0.4 is 10.5 Å². The number of methoxy groups -OCH3 is 1. The van der Waals surface area contributed by atoms with Crippen molar-refractivity contribution in [3.05, 3.63) is 29.3 Å². The van der Waals surface area contributed by atoms with E-state index in [1.165, 1.54) is 7.11 Å². The molecule has 2 N–H and O–H groups in total. The molecule has 0 aliphatic rings. The normalized spacial score (nSPS) is 12.0. The molecule has 0 radical (unpaired) electrons. The van der Waals surface area contributed by atoms with E-state index in [1.807, 2.05) is 25.1 Å². The van der Waals surface area contributed by atoms with Gasteiger partial charge in [-0.25, -0.2) is 4.79 Å². The summed E-state index contributed by atoms with van der Waals surface area (Å²) < 4.78 is 10.1. The van der Waals surface area contributed by atoms with Crippen LogP contribution in [-0.2, 0) is 16.1 Å². The predicted molar refractivity (Wildman–Crippen MR) is 61.2 cm³/mol. The molecular formula is C12H17NO3. The number of hydrogen-bond donors (Lipinski definition) is 1. The van der Waals surface area contributed by atoms with E-state index in [1.54, 1.807) is 6.92 Å². The molecule has 0 saturated heterocycles. The summed E-state index contributed by atoms with van der Waals surface area (Å²) in [5, 5.41) is 0. The van der Waals surface area contributed by atoms with Gasteiger partial charge < -0.3 is 15.2 Å².